The molecule has 0 unspecified atom stereocenters. The number of halogens is 1. The average molecular weight is 336 g/mol. The Morgan fingerprint density at radius 3 is 1.90 bits per heavy atom. The van der Waals surface area contributed by atoms with E-state index in [1.165, 1.54) is 33.1 Å². The number of fused-ring (bicyclic) bond motifs is 3. The number of hydrogen-bond donors (Lipinski definition) is 0. The van der Waals surface area contributed by atoms with Gasteiger partial charge in [-0.2, -0.15) is 0 Å². The second-order valence-electron chi connectivity index (χ2n) is 5.28. The summed E-state index contributed by atoms with van der Waals surface area (Å²) >= 11 is 3.75. The van der Waals surface area contributed by atoms with Crippen LogP contribution in [0.4, 0.5) is 0 Å². The Labute approximate surface area is 132 Å². The third kappa shape index (κ3) is 1.83. The smallest absolute Gasteiger partial charge is 0.0606 e. The highest BCUT2D eigenvalue weighted by atomic mass is 79.9. The summed E-state index contributed by atoms with van der Waals surface area (Å²) in [7, 11) is 0. The number of rotatable bonds is 1. The van der Waals surface area contributed by atoms with Gasteiger partial charge in [-0.25, -0.2) is 0 Å². The Morgan fingerprint density at radius 1 is 0.714 bits per heavy atom. The fourth-order valence-corrected chi connectivity index (χ4v) is 3.43. The third-order valence-electron chi connectivity index (χ3n) is 3.99. The van der Waals surface area contributed by atoms with Crippen LogP contribution in [0.25, 0.3) is 27.5 Å². The minimum atomic E-state index is 1.15. The van der Waals surface area contributed by atoms with Crippen molar-refractivity contribution in [2.45, 2.75) is 6.92 Å². The molecule has 0 fully saturated rings. The van der Waals surface area contributed by atoms with Gasteiger partial charge in [0, 0.05) is 15.2 Å². The van der Waals surface area contributed by atoms with E-state index in [0.717, 1.165) is 4.47 Å². The lowest BCUT2D eigenvalue weighted by molar-refractivity contribution is 1.16. The van der Waals surface area contributed by atoms with Crippen molar-refractivity contribution in [2.75, 3.05) is 0 Å². The molecule has 0 aliphatic rings. The molecule has 0 aliphatic heterocycles. The summed E-state index contributed by atoms with van der Waals surface area (Å²) in [6, 6.07) is 23.6. The molecule has 0 radical (unpaired) electrons. The summed E-state index contributed by atoms with van der Waals surface area (Å²) in [5.74, 6) is 0. The summed E-state index contributed by atoms with van der Waals surface area (Å²) < 4.78 is 3.48. The summed E-state index contributed by atoms with van der Waals surface area (Å²) in [4.78, 5) is 0. The molecular weight excluding hydrogens is 322 g/mol. The Hall–Kier alpha value is -2.06. The molecule has 0 spiro atoms. The van der Waals surface area contributed by atoms with Crippen LogP contribution >= 0.6 is 15.9 Å². The molecule has 0 aliphatic carbocycles. The first-order chi connectivity index (χ1) is 10.3. The zero-order valence-electron chi connectivity index (χ0n) is 11.7. The van der Waals surface area contributed by atoms with E-state index < -0.39 is 0 Å². The van der Waals surface area contributed by atoms with Crippen LogP contribution in [-0.4, -0.2) is 4.57 Å². The molecule has 1 heterocycles. The normalized spacial score (nSPS) is 11.3. The molecule has 2 heteroatoms. The predicted molar refractivity (Wildman–Crippen MR) is 93.2 cm³/mol. The standard InChI is InChI=1S/C19H14BrN/c1-13-7-6-12-18(19(13)20)21-16-10-4-2-8-14(16)15-9-3-5-11-17(15)21/h2-12H,1H3. The second-order valence-corrected chi connectivity index (χ2v) is 6.07. The molecule has 1 aromatic heterocycles. The van der Waals surface area contributed by atoms with Crippen molar-refractivity contribution in [1.29, 1.82) is 0 Å². The summed E-state index contributed by atoms with van der Waals surface area (Å²) in [5.41, 5.74) is 4.91. The van der Waals surface area contributed by atoms with E-state index in [-0.39, 0.29) is 0 Å². The van der Waals surface area contributed by atoms with Crippen LogP contribution in [0.3, 0.4) is 0 Å². The van der Waals surface area contributed by atoms with Crippen molar-refractivity contribution < 1.29 is 0 Å². The Morgan fingerprint density at radius 2 is 1.29 bits per heavy atom. The fourth-order valence-electron chi connectivity index (χ4n) is 2.99. The monoisotopic (exact) mass is 335 g/mol. The van der Waals surface area contributed by atoms with Gasteiger partial charge in [-0.15, -0.1) is 0 Å². The van der Waals surface area contributed by atoms with Crippen LogP contribution in [0.1, 0.15) is 5.56 Å². The van der Waals surface area contributed by atoms with E-state index in [2.05, 4.69) is 94.2 Å². The quantitative estimate of drug-likeness (QED) is 0.411. The average Bonchev–Trinajstić information content (AvgIpc) is 2.85. The fraction of sp³-hybridized carbons (Fsp3) is 0.0526. The molecule has 0 saturated heterocycles. The van der Waals surface area contributed by atoms with E-state index in [1.54, 1.807) is 0 Å². The molecule has 1 nitrogen and oxygen atoms in total. The van der Waals surface area contributed by atoms with Gasteiger partial charge in [0.25, 0.3) is 0 Å². The van der Waals surface area contributed by atoms with Crippen LogP contribution in [-0.2, 0) is 0 Å². The minimum Gasteiger partial charge on any atom is -0.308 e. The maximum absolute atomic E-state index is 3.75. The Balaban J connectivity index is 2.23. The molecule has 0 N–H and O–H groups in total. The molecule has 0 atom stereocenters. The van der Waals surface area contributed by atoms with Gasteiger partial charge in [-0.05, 0) is 46.6 Å². The topological polar surface area (TPSA) is 4.93 Å². The second kappa shape index (κ2) is 4.74. The van der Waals surface area contributed by atoms with Gasteiger partial charge >= 0.3 is 0 Å². The number of aromatic nitrogens is 1. The summed E-state index contributed by atoms with van der Waals surface area (Å²) in [5, 5.41) is 2.59. The molecular formula is C19H14BrN. The van der Waals surface area contributed by atoms with Crippen molar-refractivity contribution in [3.8, 4) is 5.69 Å². The number of benzene rings is 3. The van der Waals surface area contributed by atoms with Gasteiger partial charge in [0.2, 0.25) is 0 Å². The van der Waals surface area contributed by atoms with Gasteiger partial charge in [-0.1, -0.05) is 48.5 Å². The maximum Gasteiger partial charge on any atom is 0.0606 e. The zero-order chi connectivity index (χ0) is 14.4. The number of hydrogen-bond acceptors (Lipinski definition) is 0. The highest BCUT2D eigenvalue weighted by Gasteiger charge is 2.13. The Bertz CT molecular complexity index is 913. The van der Waals surface area contributed by atoms with E-state index in [0.29, 0.717) is 0 Å². The van der Waals surface area contributed by atoms with Crippen LogP contribution < -0.4 is 0 Å². The maximum atomic E-state index is 3.75. The minimum absolute atomic E-state index is 1.15. The van der Waals surface area contributed by atoms with Crippen molar-refractivity contribution >= 4 is 37.7 Å². The Kier molecular flexibility index (Phi) is 2.86. The van der Waals surface area contributed by atoms with E-state index in [9.17, 15) is 0 Å². The van der Waals surface area contributed by atoms with E-state index >= 15 is 0 Å². The molecule has 21 heavy (non-hydrogen) atoms. The molecule has 4 rings (SSSR count). The predicted octanol–water partition coefficient (Wildman–Crippen LogP) is 5.85. The van der Waals surface area contributed by atoms with Crippen molar-refractivity contribution in [3.63, 3.8) is 0 Å². The lowest BCUT2D eigenvalue weighted by Crippen LogP contribution is -1.96. The van der Waals surface area contributed by atoms with Crippen LogP contribution in [0, 0.1) is 6.92 Å². The van der Waals surface area contributed by atoms with E-state index in [1.807, 2.05) is 0 Å². The highest BCUT2D eigenvalue weighted by molar-refractivity contribution is 9.10. The van der Waals surface area contributed by atoms with Crippen LogP contribution in [0.2, 0.25) is 0 Å². The van der Waals surface area contributed by atoms with Gasteiger partial charge in [0.15, 0.2) is 0 Å². The largest absolute Gasteiger partial charge is 0.308 e. The number of nitrogens with zero attached hydrogens (tertiary/aromatic N) is 1. The van der Waals surface area contributed by atoms with Crippen molar-refractivity contribution in [3.05, 3.63) is 76.8 Å². The molecule has 0 saturated carbocycles. The molecule has 0 amide bonds. The molecule has 3 aromatic carbocycles. The lowest BCUT2D eigenvalue weighted by Gasteiger charge is -2.11. The van der Waals surface area contributed by atoms with Crippen molar-refractivity contribution in [1.82, 2.24) is 4.57 Å². The number of aryl methyl sites for hydroxylation is 1. The summed E-state index contributed by atoms with van der Waals surface area (Å²) in [6.07, 6.45) is 0. The first-order valence-corrected chi connectivity index (χ1v) is 7.80. The molecule has 0 bridgehead atoms. The van der Waals surface area contributed by atoms with Gasteiger partial charge < -0.3 is 4.57 Å². The van der Waals surface area contributed by atoms with Crippen LogP contribution in [0.15, 0.2) is 71.2 Å². The molecule has 102 valence electrons. The lowest BCUT2D eigenvalue weighted by atomic mass is 10.2. The summed E-state index contributed by atoms with van der Waals surface area (Å²) in [6.45, 7) is 2.13. The first kappa shape index (κ1) is 12.7. The van der Waals surface area contributed by atoms with Gasteiger partial charge in [0.1, 0.15) is 0 Å². The zero-order valence-corrected chi connectivity index (χ0v) is 13.3. The third-order valence-corrected chi connectivity index (χ3v) is 5.02. The van der Waals surface area contributed by atoms with Crippen molar-refractivity contribution in [2.24, 2.45) is 0 Å². The first-order valence-electron chi connectivity index (χ1n) is 7.01. The van der Waals surface area contributed by atoms with E-state index in [4.69, 9.17) is 0 Å². The van der Waals surface area contributed by atoms with Gasteiger partial charge in [-0.3, -0.25) is 0 Å². The number of para-hydroxylation sites is 2. The van der Waals surface area contributed by atoms with Crippen LogP contribution in [0.5, 0.6) is 0 Å². The highest BCUT2D eigenvalue weighted by Crippen LogP contribution is 2.35. The molecule has 4 aromatic rings. The van der Waals surface area contributed by atoms with Gasteiger partial charge in [0.05, 0.1) is 16.7 Å². The SMILES string of the molecule is Cc1cccc(-n2c3ccccc3c3ccccc32)c1Br.